The molecule has 0 amide bonds. The number of furan rings is 3. The van der Waals surface area contributed by atoms with Crippen LogP contribution in [0.25, 0.3) is 132 Å². The highest BCUT2D eigenvalue weighted by atomic mass is 16.3. The first-order valence-corrected chi connectivity index (χ1v) is 20.1. The quantitative estimate of drug-likeness (QED) is 0.168. The maximum atomic E-state index is 7.41. The summed E-state index contributed by atoms with van der Waals surface area (Å²) in [6.45, 7) is 0. The minimum atomic E-state index is 0.793. The average Bonchev–Trinajstić information content (AvgIpc) is 3.99. The summed E-state index contributed by atoms with van der Waals surface area (Å²) >= 11 is 0. The minimum Gasteiger partial charge on any atom is -0.455 e. The van der Waals surface area contributed by atoms with Crippen LogP contribution in [0.1, 0.15) is 0 Å². The molecule has 0 aliphatic heterocycles. The van der Waals surface area contributed by atoms with Crippen LogP contribution in [0.4, 0.5) is 0 Å². The second-order valence-corrected chi connectivity index (χ2v) is 15.5. The fraction of sp³-hybridized carbons (Fsp3) is 0. The first-order chi connectivity index (χ1) is 29.3. The second-order valence-electron chi connectivity index (χ2n) is 15.5. The summed E-state index contributed by atoms with van der Waals surface area (Å²) in [5, 5.41) is 12.2. The molecule has 10 aromatic carbocycles. The normalized spacial score (nSPS) is 12.1. The van der Waals surface area contributed by atoms with E-state index < -0.39 is 0 Å². The molecule has 0 N–H and O–H groups in total. The summed E-state index contributed by atoms with van der Waals surface area (Å²) in [5.41, 5.74) is 11.6. The van der Waals surface area contributed by atoms with Crippen LogP contribution >= 0.6 is 0 Å². The highest BCUT2D eigenvalue weighted by Crippen LogP contribution is 2.53. The molecule has 3 aromatic heterocycles. The van der Waals surface area contributed by atoms with Crippen LogP contribution in [0.15, 0.2) is 207 Å². The van der Waals surface area contributed by atoms with Gasteiger partial charge in [-0.3, -0.25) is 0 Å². The van der Waals surface area contributed by atoms with E-state index in [9.17, 15) is 0 Å². The van der Waals surface area contributed by atoms with E-state index in [1.807, 2.05) is 12.1 Å². The zero-order valence-electron chi connectivity index (χ0n) is 31.7. The van der Waals surface area contributed by atoms with Crippen molar-refractivity contribution in [1.29, 1.82) is 0 Å². The maximum absolute atomic E-state index is 7.41. The van der Waals surface area contributed by atoms with Crippen molar-refractivity contribution in [2.75, 3.05) is 0 Å². The van der Waals surface area contributed by atoms with Crippen LogP contribution < -0.4 is 0 Å². The van der Waals surface area contributed by atoms with Crippen molar-refractivity contribution in [3.05, 3.63) is 194 Å². The maximum Gasteiger partial charge on any atom is 0.147 e. The van der Waals surface area contributed by atoms with Gasteiger partial charge in [0.15, 0.2) is 0 Å². The van der Waals surface area contributed by atoms with Gasteiger partial charge in [-0.1, -0.05) is 170 Å². The van der Waals surface area contributed by atoms with Crippen LogP contribution in [-0.4, -0.2) is 0 Å². The van der Waals surface area contributed by atoms with Gasteiger partial charge in [-0.25, -0.2) is 0 Å². The van der Waals surface area contributed by atoms with Gasteiger partial charge in [0, 0.05) is 54.7 Å². The lowest BCUT2D eigenvalue weighted by molar-refractivity contribution is 0.630. The van der Waals surface area contributed by atoms with Gasteiger partial charge in [0.05, 0.1) is 5.56 Å². The Hall–Kier alpha value is -7.88. The van der Waals surface area contributed by atoms with Crippen molar-refractivity contribution in [3.8, 4) is 44.7 Å². The predicted octanol–water partition coefficient (Wildman–Crippen LogP) is 16.4. The Labute approximate surface area is 337 Å². The summed E-state index contributed by atoms with van der Waals surface area (Å²) in [7, 11) is 0. The van der Waals surface area contributed by atoms with Crippen molar-refractivity contribution in [3.63, 3.8) is 0 Å². The second kappa shape index (κ2) is 12.3. The Morgan fingerprint density at radius 2 is 0.797 bits per heavy atom. The lowest BCUT2D eigenvalue weighted by Crippen LogP contribution is -1.92. The number of benzene rings is 10. The lowest BCUT2D eigenvalue weighted by Gasteiger charge is -2.18. The third-order valence-electron chi connectivity index (χ3n) is 12.3. The molecule has 0 saturated carbocycles. The standard InChI is InChI=1S/C56H32O3/c1-2-16-34(17-3-1)49-46-32-45-38-20-11-13-28-48(38)58-55(45)52(56(46)59-53(49)36-30-29-33-15-4-5-18-35(33)31-36)51-41-23-8-6-21-39(41)50(40-22-7-9-24-42(40)51)44-26-14-25-43-37-19-10-12-27-47(37)57-54(43)44/h1-32H. The number of rotatable bonds is 4. The van der Waals surface area contributed by atoms with Gasteiger partial charge >= 0.3 is 0 Å². The largest absolute Gasteiger partial charge is 0.455 e. The molecule has 0 saturated heterocycles. The van der Waals surface area contributed by atoms with E-state index in [1.165, 1.54) is 5.39 Å². The van der Waals surface area contributed by atoms with Crippen molar-refractivity contribution in [1.82, 2.24) is 0 Å². The van der Waals surface area contributed by atoms with E-state index in [2.05, 4.69) is 182 Å². The molecular weight excluding hydrogens is 721 g/mol. The van der Waals surface area contributed by atoms with Gasteiger partial charge in [0.25, 0.3) is 0 Å². The summed E-state index contributed by atoms with van der Waals surface area (Å²) in [6.07, 6.45) is 0. The van der Waals surface area contributed by atoms with Gasteiger partial charge in [0.1, 0.15) is 33.7 Å². The molecule has 0 atom stereocenters. The van der Waals surface area contributed by atoms with Gasteiger partial charge in [-0.05, 0) is 62.1 Å². The SMILES string of the molecule is c1ccc(-c2c(-c3ccc4ccccc4c3)oc3c(-c4c5ccccc5c(-c5cccc6c5oc5ccccc56)c5ccccc45)c4oc5ccccc5c4cc23)cc1. The Kier molecular flexibility index (Phi) is 6.72. The third kappa shape index (κ3) is 4.64. The fourth-order valence-electron chi connectivity index (χ4n) is 9.69. The first kappa shape index (κ1) is 32.2. The molecule has 0 radical (unpaired) electrons. The van der Waals surface area contributed by atoms with Crippen molar-refractivity contribution in [2.45, 2.75) is 0 Å². The summed E-state index contributed by atoms with van der Waals surface area (Å²) < 4.78 is 21.1. The van der Waals surface area contributed by atoms with E-state index in [4.69, 9.17) is 13.3 Å². The van der Waals surface area contributed by atoms with Crippen LogP contribution in [0.3, 0.4) is 0 Å². The highest BCUT2D eigenvalue weighted by molar-refractivity contribution is 6.30. The Bertz CT molecular complexity index is 3780. The molecule has 13 aromatic rings. The molecular formula is C56H32O3. The Balaban J connectivity index is 1.21. The highest BCUT2D eigenvalue weighted by Gasteiger charge is 2.29. The minimum absolute atomic E-state index is 0.793. The van der Waals surface area contributed by atoms with Crippen LogP contribution in [0, 0.1) is 0 Å². The van der Waals surface area contributed by atoms with Crippen LogP contribution in [-0.2, 0) is 0 Å². The topological polar surface area (TPSA) is 39.4 Å². The van der Waals surface area contributed by atoms with E-state index in [0.29, 0.717) is 0 Å². The average molecular weight is 753 g/mol. The fourth-order valence-corrected chi connectivity index (χ4v) is 9.69. The molecule has 13 rings (SSSR count). The van der Waals surface area contributed by atoms with E-state index in [0.717, 1.165) is 126 Å². The molecule has 3 nitrogen and oxygen atoms in total. The van der Waals surface area contributed by atoms with Gasteiger partial charge in [-0.15, -0.1) is 0 Å². The zero-order chi connectivity index (χ0) is 38.6. The molecule has 59 heavy (non-hydrogen) atoms. The van der Waals surface area contributed by atoms with Gasteiger partial charge in [0.2, 0.25) is 0 Å². The van der Waals surface area contributed by atoms with Crippen molar-refractivity contribution < 1.29 is 13.3 Å². The van der Waals surface area contributed by atoms with Crippen LogP contribution in [0.2, 0.25) is 0 Å². The lowest BCUT2D eigenvalue weighted by atomic mass is 9.84. The summed E-state index contributed by atoms with van der Waals surface area (Å²) in [6, 6.07) is 68.8. The Morgan fingerprint density at radius 3 is 1.51 bits per heavy atom. The molecule has 0 unspecified atom stereocenters. The van der Waals surface area contributed by atoms with Gasteiger partial charge in [-0.2, -0.15) is 0 Å². The zero-order valence-corrected chi connectivity index (χ0v) is 31.7. The van der Waals surface area contributed by atoms with E-state index in [1.54, 1.807) is 0 Å². The molecule has 274 valence electrons. The van der Waals surface area contributed by atoms with E-state index >= 15 is 0 Å². The summed E-state index contributed by atoms with van der Waals surface area (Å²) in [5.74, 6) is 0.831. The predicted molar refractivity (Wildman–Crippen MR) is 245 cm³/mol. The number of para-hydroxylation sites is 3. The molecule has 0 bridgehead atoms. The Morgan fingerprint density at radius 1 is 0.254 bits per heavy atom. The molecule has 0 aliphatic rings. The van der Waals surface area contributed by atoms with Crippen LogP contribution in [0.5, 0.6) is 0 Å². The number of fused-ring (bicyclic) bond motifs is 10. The molecule has 3 heterocycles. The molecule has 0 fully saturated rings. The number of hydrogen-bond donors (Lipinski definition) is 0. The first-order valence-electron chi connectivity index (χ1n) is 20.1. The third-order valence-corrected chi connectivity index (χ3v) is 12.3. The summed E-state index contributed by atoms with van der Waals surface area (Å²) in [4.78, 5) is 0. The van der Waals surface area contributed by atoms with Crippen molar-refractivity contribution in [2.24, 2.45) is 0 Å². The van der Waals surface area contributed by atoms with E-state index in [-0.39, 0.29) is 0 Å². The monoisotopic (exact) mass is 752 g/mol. The molecule has 0 aliphatic carbocycles. The smallest absolute Gasteiger partial charge is 0.147 e. The molecule has 3 heteroatoms. The van der Waals surface area contributed by atoms with Gasteiger partial charge < -0.3 is 13.3 Å². The molecule has 0 spiro atoms. The number of hydrogen-bond acceptors (Lipinski definition) is 3. The van der Waals surface area contributed by atoms with Crippen molar-refractivity contribution >= 4 is 87.2 Å².